The highest BCUT2D eigenvalue weighted by molar-refractivity contribution is 6.13. The largest absolute Gasteiger partial charge is 0.456 e. The van der Waals surface area contributed by atoms with Crippen LogP contribution < -0.4 is 0 Å². The summed E-state index contributed by atoms with van der Waals surface area (Å²) in [5.41, 5.74) is 11.6. The fraction of sp³-hybridized carbons (Fsp3) is 0. The van der Waals surface area contributed by atoms with E-state index in [0.717, 1.165) is 88.3 Å². The highest BCUT2D eigenvalue weighted by Gasteiger charge is 2.28. The van der Waals surface area contributed by atoms with Gasteiger partial charge in [0.1, 0.15) is 11.2 Å². The van der Waals surface area contributed by atoms with Crippen LogP contribution in [0.1, 0.15) is 0 Å². The lowest BCUT2D eigenvalue weighted by atomic mass is 10.0. The van der Waals surface area contributed by atoms with E-state index in [1.165, 1.54) is 0 Å². The van der Waals surface area contributed by atoms with Crippen molar-refractivity contribution >= 4 is 54.8 Å². The monoisotopic (exact) mass is 613 g/mol. The third-order valence-corrected chi connectivity index (χ3v) is 9.60. The van der Waals surface area contributed by atoms with Crippen molar-refractivity contribution in [3.05, 3.63) is 140 Å². The van der Waals surface area contributed by atoms with Crippen LogP contribution in [0.2, 0.25) is 0 Å². The smallest absolute Gasteiger partial charge is 0.237 e. The summed E-state index contributed by atoms with van der Waals surface area (Å²) >= 11 is 0. The van der Waals surface area contributed by atoms with Crippen LogP contribution in [0.4, 0.5) is 0 Å². The zero-order chi connectivity index (χ0) is 31.3. The van der Waals surface area contributed by atoms with E-state index in [9.17, 15) is 0 Å². The van der Waals surface area contributed by atoms with Gasteiger partial charge in [0, 0.05) is 38.2 Å². The first-order valence-electron chi connectivity index (χ1n) is 16.0. The van der Waals surface area contributed by atoms with Gasteiger partial charge in [-0.2, -0.15) is 4.98 Å². The van der Waals surface area contributed by atoms with Gasteiger partial charge in [-0.25, -0.2) is 15.0 Å². The zero-order valence-electron chi connectivity index (χ0n) is 25.4. The third-order valence-electron chi connectivity index (χ3n) is 9.60. The minimum atomic E-state index is 0.586. The summed E-state index contributed by atoms with van der Waals surface area (Å²) < 4.78 is 8.27. The summed E-state index contributed by atoms with van der Waals surface area (Å²) in [7, 11) is 0. The van der Waals surface area contributed by atoms with E-state index in [2.05, 4.69) is 95.6 Å². The summed E-state index contributed by atoms with van der Waals surface area (Å²) in [4.78, 5) is 20.5. The van der Waals surface area contributed by atoms with E-state index in [-0.39, 0.29) is 0 Å². The van der Waals surface area contributed by atoms with Crippen molar-refractivity contribution in [3.8, 4) is 51.0 Å². The molecule has 0 saturated heterocycles. The first-order valence-corrected chi connectivity index (χ1v) is 16.0. The van der Waals surface area contributed by atoms with Crippen molar-refractivity contribution in [1.82, 2.24) is 24.5 Å². The normalized spacial score (nSPS) is 12.2. The first kappa shape index (κ1) is 25.5. The molecule has 0 N–H and O–H groups in total. The van der Waals surface area contributed by atoms with Gasteiger partial charge in [0.15, 0.2) is 11.5 Å². The molecule has 1 aliphatic rings. The molecule has 0 bridgehead atoms. The molecule has 0 amide bonds. The number of rotatable bonds is 3. The summed E-state index contributed by atoms with van der Waals surface area (Å²) in [5.74, 6) is 1.24. The minimum Gasteiger partial charge on any atom is -0.456 e. The molecule has 0 unspecified atom stereocenters. The maximum atomic E-state index is 6.10. The second-order valence-corrected chi connectivity index (χ2v) is 12.3. The number of hydrogen-bond acceptors (Lipinski definition) is 5. The number of nitrogens with zero attached hydrogens (tertiary/aromatic N) is 5. The van der Waals surface area contributed by atoms with Crippen LogP contribution in [-0.2, 0) is 0 Å². The van der Waals surface area contributed by atoms with Crippen LogP contribution in [0.15, 0.2) is 144 Å². The van der Waals surface area contributed by atoms with E-state index in [4.69, 9.17) is 24.4 Å². The number of para-hydroxylation sites is 2. The van der Waals surface area contributed by atoms with E-state index >= 15 is 0 Å². The van der Waals surface area contributed by atoms with E-state index < -0.39 is 0 Å². The molecule has 222 valence electrons. The average Bonchev–Trinajstić information content (AvgIpc) is 3.80. The van der Waals surface area contributed by atoms with Gasteiger partial charge in [-0.1, -0.05) is 103 Å². The van der Waals surface area contributed by atoms with Crippen LogP contribution in [0.25, 0.3) is 106 Å². The molecule has 6 nitrogen and oxygen atoms in total. The summed E-state index contributed by atoms with van der Waals surface area (Å²) in [5, 5.41) is 5.40. The molecular formula is C42H23N5O. The van der Waals surface area contributed by atoms with Crippen LogP contribution in [-0.4, -0.2) is 24.5 Å². The van der Waals surface area contributed by atoms with Gasteiger partial charge >= 0.3 is 0 Å². The average molecular weight is 614 g/mol. The molecule has 10 aromatic rings. The van der Waals surface area contributed by atoms with Crippen LogP contribution in [0.5, 0.6) is 0 Å². The second kappa shape index (κ2) is 9.44. The molecule has 0 radical (unpaired) electrons. The Balaban J connectivity index is 1.15. The molecule has 48 heavy (non-hydrogen) atoms. The lowest BCUT2D eigenvalue weighted by molar-refractivity contribution is 0.669. The number of hydrogen-bond donors (Lipinski definition) is 0. The quantitative estimate of drug-likeness (QED) is 0.198. The maximum absolute atomic E-state index is 6.10. The number of benzene rings is 6. The highest BCUT2D eigenvalue weighted by atomic mass is 16.3. The molecule has 1 aliphatic carbocycles. The van der Waals surface area contributed by atoms with Crippen molar-refractivity contribution in [1.29, 1.82) is 0 Å². The minimum absolute atomic E-state index is 0.586. The molecule has 6 aromatic carbocycles. The predicted molar refractivity (Wildman–Crippen MR) is 192 cm³/mol. The number of furan rings is 1. The van der Waals surface area contributed by atoms with Crippen LogP contribution in [0, 0.1) is 0 Å². The highest BCUT2D eigenvalue weighted by Crippen LogP contribution is 2.46. The Bertz CT molecular complexity index is 2960. The lowest BCUT2D eigenvalue weighted by Crippen LogP contribution is -2.04. The van der Waals surface area contributed by atoms with Crippen molar-refractivity contribution in [2.75, 3.05) is 0 Å². The zero-order valence-corrected chi connectivity index (χ0v) is 25.4. The van der Waals surface area contributed by atoms with E-state index in [1.54, 1.807) is 0 Å². The molecule has 0 spiro atoms. The summed E-state index contributed by atoms with van der Waals surface area (Å²) in [6.07, 6.45) is 0. The van der Waals surface area contributed by atoms with Crippen molar-refractivity contribution in [3.63, 3.8) is 0 Å². The third kappa shape index (κ3) is 3.51. The molecule has 4 aromatic heterocycles. The molecule has 4 heterocycles. The Labute approximate surface area is 273 Å². The Morgan fingerprint density at radius 2 is 1.08 bits per heavy atom. The molecule has 11 rings (SSSR count). The predicted octanol–water partition coefficient (Wildman–Crippen LogP) is 10.4. The van der Waals surface area contributed by atoms with Gasteiger partial charge in [-0.3, -0.25) is 4.57 Å². The first-order chi connectivity index (χ1) is 23.8. The van der Waals surface area contributed by atoms with Crippen molar-refractivity contribution < 1.29 is 4.42 Å². The SMILES string of the molecule is c1ccc(-c2nc3c4c(nc(-n5c6ccccc6c6cc(-c7ccc8oc9ccccc9c8c7)ccc65)nc4n2)-c2ccccc2-3)cc1. The topological polar surface area (TPSA) is 69.6 Å². The number of aromatic nitrogens is 5. The summed E-state index contributed by atoms with van der Waals surface area (Å²) in [6.45, 7) is 0. The van der Waals surface area contributed by atoms with Crippen LogP contribution >= 0.6 is 0 Å². The van der Waals surface area contributed by atoms with Gasteiger partial charge in [0.05, 0.1) is 27.8 Å². The molecule has 0 fully saturated rings. The summed E-state index contributed by atoms with van der Waals surface area (Å²) in [6, 6.07) is 48.2. The lowest BCUT2D eigenvalue weighted by Gasteiger charge is -2.10. The standard InChI is InChI=1S/C42H23N5O/c1-2-10-24(11-3-1)40-43-38-29-14-4-5-15-30(29)39-37(38)41(45-40)46-42(44-39)47-33-16-8-6-12-27(33)31-22-25(18-20-34(31)47)26-19-21-36-32(23-26)28-13-7-9-17-35(28)48-36/h1-23H. The van der Waals surface area contributed by atoms with Crippen LogP contribution in [0.3, 0.4) is 0 Å². The van der Waals surface area contributed by atoms with Gasteiger partial charge in [0.25, 0.3) is 0 Å². The van der Waals surface area contributed by atoms with E-state index in [1.807, 2.05) is 48.5 Å². The van der Waals surface area contributed by atoms with E-state index in [0.29, 0.717) is 17.4 Å². The van der Waals surface area contributed by atoms with Gasteiger partial charge in [-0.15, -0.1) is 0 Å². The van der Waals surface area contributed by atoms with Gasteiger partial charge in [-0.05, 0) is 47.5 Å². The Hall–Kier alpha value is -6.66. The van der Waals surface area contributed by atoms with Gasteiger partial charge in [0.2, 0.25) is 5.95 Å². The van der Waals surface area contributed by atoms with Crippen molar-refractivity contribution in [2.24, 2.45) is 0 Å². The molecule has 0 aliphatic heterocycles. The Kier molecular flexibility index (Phi) is 5.02. The molecule has 6 heteroatoms. The fourth-order valence-electron chi connectivity index (χ4n) is 7.40. The van der Waals surface area contributed by atoms with Crippen molar-refractivity contribution in [2.45, 2.75) is 0 Å². The molecule has 0 saturated carbocycles. The second-order valence-electron chi connectivity index (χ2n) is 12.3. The Morgan fingerprint density at radius 1 is 0.438 bits per heavy atom. The molecule has 0 atom stereocenters. The molecular weight excluding hydrogens is 590 g/mol. The van der Waals surface area contributed by atoms with Gasteiger partial charge < -0.3 is 4.42 Å². The fourth-order valence-corrected chi connectivity index (χ4v) is 7.40. The number of fused-ring (bicyclic) bond motifs is 9. The maximum Gasteiger partial charge on any atom is 0.237 e. The Morgan fingerprint density at radius 3 is 1.94 bits per heavy atom.